The predicted molar refractivity (Wildman–Crippen MR) is 109 cm³/mol. The SMILES string of the molecule is C[S+]([O-])c1cccc(-n2ccc(=O)c(/C(=C/C=N)Nc3ccccc3)n2)c1. The largest absolute Gasteiger partial charge is 0.612 e. The fourth-order valence-corrected chi connectivity index (χ4v) is 3.04. The smallest absolute Gasteiger partial charge is 0.209 e. The van der Waals surface area contributed by atoms with Crippen LogP contribution >= 0.6 is 0 Å². The standard InChI is InChI=1S/C20H18N4O2S/c1-27(26)17-9-5-8-16(14-17)24-13-11-19(25)20(23-24)18(10-12-21)22-15-6-3-2-4-7-15/h2-14,21-22H,1H3/b18-10-,21-12?. The molecule has 0 spiro atoms. The summed E-state index contributed by atoms with van der Waals surface area (Å²) < 4.78 is 13.3. The Morgan fingerprint density at radius 1 is 1.19 bits per heavy atom. The molecule has 7 heteroatoms. The van der Waals surface area contributed by atoms with E-state index in [2.05, 4.69) is 10.4 Å². The van der Waals surface area contributed by atoms with Crippen LogP contribution in [0.5, 0.6) is 0 Å². The van der Waals surface area contributed by atoms with Gasteiger partial charge in [0.25, 0.3) is 0 Å². The first-order chi connectivity index (χ1) is 13.1. The molecule has 2 aromatic carbocycles. The Bertz CT molecular complexity index is 1030. The highest BCUT2D eigenvalue weighted by Gasteiger charge is 2.11. The molecule has 0 saturated carbocycles. The van der Waals surface area contributed by atoms with Gasteiger partial charge in [0.2, 0.25) is 5.43 Å². The number of nitrogens with one attached hydrogen (secondary N) is 2. The van der Waals surface area contributed by atoms with Gasteiger partial charge in [0, 0.05) is 30.2 Å². The minimum Gasteiger partial charge on any atom is -0.612 e. The molecule has 1 unspecified atom stereocenters. The van der Waals surface area contributed by atoms with Gasteiger partial charge in [-0.2, -0.15) is 5.10 Å². The lowest BCUT2D eigenvalue weighted by Gasteiger charge is -2.12. The fourth-order valence-electron chi connectivity index (χ4n) is 2.48. The number of hydrogen-bond acceptors (Lipinski definition) is 5. The van der Waals surface area contributed by atoms with Gasteiger partial charge >= 0.3 is 0 Å². The van der Waals surface area contributed by atoms with Crippen LogP contribution in [-0.2, 0) is 11.2 Å². The third-order valence-corrected chi connectivity index (χ3v) is 4.70. The lowest BCUT2D eigenvalue weighted by Crippen LogP contribution is -2.18. The van der Waals surface area contributed by atoms with Gasteiger partial charge in [0.15, 0.2) is 10.6 Å². The number of para-hydroxylation sites is 1. The molecule has 0 fully saturated rings. The van der Waals surface area contributed by atoms with Crippen molar-refractivity contribution >= 4 is 28.8 Å². The molecule has 27 heavy (non-hydrogen) atoms. The van der Waals surface area contributed by atoms with E-state index in [0.717, 1.165) is 11.9 Å². The number of benzene rings is 2. The first-order valence-corrected chi connectivity index (χ1v) is 9.71. The Morgan fingerprint density at radius 2 is 1.96 bits per heavy atom. The zero-order valence-electron chi connectivity index (χ0n) is 14.6. The van der Waals surface area contributed by atoms with Crippen LogP contribution in [0.1, 0.15) is 5.69 Å². The highest BCUT2D eigenvalue weighted by molar-refractivity contribution is 7.90. The van der Waals surface area contributed by atoms with E-state index in [1.165, 1.54) is 12.1 Å². The first-order valence-electron chi connectivity index (χ1n) is 8.15. The highest BCUT2D eigenvalue weighted by atomic mass is 32.2. The van der Waals surface area contributed by atoms with Gasteiger partial charge in [-0.1, -0.05) is 24.3 Å². The van der Waals surface area contributed by atoms with Crippen molar-refractivity contribution in [3.8, 4) is 5.69 Å². The second-order valence-corrected chi connectivity index (χ2v) is 7.04. The Kier molecular flexibility index (Phi) is 5.85. The van der Waals surface area contributed by atoms with Crippen LogP contribution in [0.4, 0.5) is 5.69 Å². The number of rotatable bonds is 6. The topological polar surface area (TPSA) is 93.8 Å². The Labute approximate surface area is 159 Å². The van der Waals surface area contributed by atoms with Crippen molar-refractivity contribution in [3.63, 3.8) is 0 Å². The summed E-state index contributed by atoms with van der Waals surface area (Å²) in [5.41, 5.74) is 1.82. The maximum atomic E-state index is 12.4. The van der Waals surface area contributed by atoms with Crippen LogP contribution in [0.15, 0.2) is 82.6 Å². The molecule has 3 aromatic rings. The molecule has 1 aromatic heterocycles. The Morgan fingerprint density at radius 3 is 2.67 bits per heavy atom. The van der Waals surface area contributed by atoms with E-state index in [9.17, 15) is 9.35 Å². The summed E-state index contributed by atoms with van der Waals surface area (Å²) in [6.45, 7) is 0. The van der Waals surface area contributed by atoms with Crippen molar-refractivity contribution < 1.29 is 4.55 Å². The molecule has 0 aliphatic rings. The summed E-state index contributed by atoms with van der Waals surface area (Å²) >= 11 is -1.12. The number of hydrogen-bond donors (Lipinski definition) is 2. The van der Waals surface area contributed by atoms with Gasteiger partial charge in [-0.25, -0.2) is 4.68 Å². The summed E-state index contributed by atoms with van der Waals surface area (Å²) in [5.74, 6) is 0. The van der Waals surface area contributed by atoms with Crippen molar-refractivity contribution in [3.05, 3.63) is 88.9 Å². The lowest BCUT2D eigenvalue weighted by atomic mass is 10.2. The Balaban J connectivity index is 2.03. The van der Waals surface area contributed by atoms with E-state index >= 15 is 0 Å². The summed E-state index contributed by atoms with van der Waals surface area (Å²) in [6.07, 6.45) is 5.76. The molecule has 0 bridgehead atoms. The molecule has 0 aliphatic carbocycles. The van der Waals surface area contributed by atoms with Crippen LogP contribution in [0.3, 0.4) is 0 Å². The number of nitrogens with zero attached hydrogens (tertiary/aromatic N) is 2. The van der Waals surface area contributed by atoms with E-state index in [1.54, 1.807) is 35.3 Å². The average molecular weight is 378 g/mol. The molecule has 0 radical (unpaired) electrons. The molecule has 0 aliphatic heterocycles. The molecule has 6 nitrogen and oxygen atoms in total. The van der Waals surface area contributed by atoms with Crippen molar-refractivity contribution in [2.75, 3.05) is 11.6 Å². The van der Waals surface area contributed by atoms with Gasteiger partial charge in [0.1, 0.15) is 6.26 Å². The number of allylic oxidation sites excluding steroid dienone is 1. The van der Waals surface area contributed by atoms with E-state index in [0.29, 0.717) is 16.3 Å². The predicted octanol–water partition coefficient (Wildman–Crippen LogP) is 3.07. The molecular formula is C20H18N4O2S. The van der Waals surface area contributed by atoms with Crippen molar-refractivity contribution in [1.29, 1.82) is 5.41 Å². The second kappa shape index (κ2) is 8.48. The number of aromatic nitrogens is 2. The highest BCUT2D eigenvalue weighted by Crippen LogP contribution is 2.17. The average Bonchev–Trinajstić information content (AvgIpc) is 2.69. The fraction of sp³-hybridized carbons (Fsp3) is 0.0500. The van der Waals surface area contributed by atoms with Crippen LogP contribution in [0, 0.1) is 5.41 Å². The van der Waals surface area contributed by atoms with Gasteiger partial charge in [-0.3, -0.25) is 4.79 Å². The van der Waals surface area contributed by atoms with E-state index < -0.39 is 11.2 Å². The first kappa shape index (κ1) is 18.6. The number of anilines is 1. The quantitative estimate of drug-likeness (QED) is 0.509. The summed E-state index contributed by atoms with van der Waals surface area (Å²) in [5, 5.41) is 15.0. The van der Waals surface area contributed by atoms with Crippen LogP contribution < -0.4 is 10.7 Å². The molecular weight excluding hydrogens is 360 g/mol. The molecule has 1 heterocycles. The minimum absolute atomic E-state index is 0.188. The second-order valence-electron chi connectivity index (χ2n) is 5.66. The van der Waals surface area contributed by atoms with Crippen molar-refractivity contribution in [2.45, 2.75) is 4.90 Å². The van der Waals surface area contributed by atoms with Gasteiger partial charge in [-0.05, 0) is 41.5 Å². The third kappa shape index (κ3) is 4.52. The summed E-state index contributed by atoms with van der Waals surface area (Å²) in [4.78, 5) is 13.1. The van der Waals surface area contributed by atoms with E-state index in [4.69, 9.17) is 5.41 Å². The lowest BCUT2D eigenvalue weighted by molar-refractivity contribution is 0.600. The van der Waals surface area contributed by atoms with E-state index in [1.807, 2.05) is 36.4 Å². The normalized spacial score (nSPS) is 12.4. The van der Waals surface area contributed by atoms with Crippen LogP contribution in [0.25, 0.3) is 11.4 Å². The van der Waals surface area contributed by atoms with E-state index in [-0.39, 0.29) is 11.1 Å². The summed E-state index contributed by atoms with van der Waals surface area (Å²) in [7, 11) is 0. The zero-order chi connectivity index (χ0) is 19.2. The van der Waals surface area contributed by atoms with Gasteiger partial charge in [0.05, 0.1) is 11.4 Å². The maximum absolute atomic E-state index is 12.4. The third-order valence-electron chi connectivity index (χ3n) is 3.78. The van der Waals surface area contributed by atoms with Crippen molar-refractivity contribution in [1.82, 2.24) is 9.78 Å². The minimum atomic E-state index is -1.12. The van der Waals surface area contributed by atoms with Gasteiger partial charge < -0.3 is 15.3 Å². The summed E-state index contributed by atoms with van der Waals surface area (Å²) in [6, 6.07) is 17.9. The maximum Gasteiger partial charge on any atom is 0.209 e. The van der Waals surface area contributed by atoms with Gasteiger partial charge in [-0.15, -0.1) is 0 Å². The molecule has 0 saturated heterocycles. The zero-order valence-corrected chi connectivity index (χ0v) is 15.4. The molecule has 1 atom stereocenters. The van der Waals surface area contributed by atoms with Crippen molar-refractivity contribution in [2.24, 2.45) is 0 Å². The molecule has 2 N–H and O–H groups in total. The molecule has 0 amide bonds. The molecule has 136 valence electrons. The Hall–Kier alpha value is -3.16. The van der Waals surface area contributed by atoms with Crippen LogP contribution in [-0.4, -0.2) is 26.8 Å². The molecule has 3 rings (SSSR count). The monoisotopic (exact) mass is 378 g/mol. The van der Waals surface area contributed by atoms with Crippen LogP contribution in [0.2, 0.25) is 0 Å².